The third-order valence-corrected chi connectivity index (χ3v) is 5.19. The van der Waals surface area contributed by atoms with E-state index in [0.717, 1.165) is 11.3 Å². The molecule has 0 unspecified atom stereocenters. The fourth-order valence-electron chi connectivity index (χ4n) is 2.09. The summed E-state index contributed by atoms with van der Waals surface area (Å²) in [5.41, 5.74) is 1.81. The van der Waals surface area contributed by atoms with Gasteiger partial charge in [-0.15, -0.1) is 21.5 Å². The van der Waals surface area contributed by atoms with Gasteiger partial charge in [-0.25, -0.2) is 0 Å². The zero-order valence-electron chi connectivity index (χ0n) is 13.9. The van der Waals surface area contributed by atoms with Gasteiger partial charge in [0.15, 0.2) is 5.82 Å². The highest BCUT2D eigenvalue weighted by Gasteiger charge is 2.09. The summed E-state index contributed by atoms with van der Waals surface area (Å²) in [7, 11) is 0. The quantitative estimate of drug-likeness (QED) is 0.631. The van der Waals surface area contributed by atoms with Crippen molar-refractivity contribution in [1.82, 2.24) is 10.2 Å². The Hall–Kier alpha value is -2.71. The molecule has 132 valence electrons. The van der Waals surface area contributed by atoms with Crippen LogP contribution in [-0.4, -0.2) is 27.8 Å². The van der Waals surface area contributed by atoms with E-state index >= 15 is 0 Å². The third-order valence-electron chi connectivity index (χ3n) is 3.40. The molecule has 0 radical (unpaired) electrons. The molecular weight excluding hydrogens is 368 g/mol. The van der Waals surface area contributed by atoms with Crippen LogP contribution in [0.3, 0.4) is 0 Å². The Morgan fingerprint density at radius 3 is 2.58 bits per heavy atom. The van der Waals surface area contributed by atoms with E-state index in [1.165, 1.54) is 23.1 Å². The van der Waals surface area contributed by atoms with Crippen molar-refractivity contribution >= 4 is 46.4 Å². The van der Waals surface area contributed by atoms with Crippen molar-refractivity contribution in [2.24, 2.45) is 0 Å². The number of aryl methyl sites for hydroxylation is 1. The van der Waals surface area contributed by atoms with Crippen LogP contribution >= 0.6 is 23.1 Å². The van der Waals surface area contributed by atoms with Gasteiger partial charge in [-0.3, -0.25) is 9.59 Å². The Morgan fingerprint density at radius 2 is 1.88 bits per heavy atom. The van der Waals surface area contributed by atoms with Gasteiger partial charge in [0.25, 0.3) is 5.91 Å². The van der Waals surface area contributed by atoms with Gasteiger partial charge in [0, 0.05) is 5.69 Å². The predicted octanol–water partition coefficient (Wildman–Crippen LogP) is 3.83. The molecule has 0 aliphatic rings. The number of rotatable bonds is 6. The van der Waals surface area contributed by atoms with Gasteiger partial charge in [-0.2, -0.15) is 0 Å². The van der Waals surface area contributed by atoms with Gasteiger partial charge in [0.05, 0.1) is 10.6 Å². The minimum absolute atomic E-state index is 0.110. The lowest BCUT2D eigenvalue weighted by atomic mass is 10.2. The lowest BCUT2D eigenvalue weighted by Gasteiger charge is -2.07. The number of carbonyl (C=O) groups excluding carboxylic acids is 2. The van der Waals surface area contributed by atoms with Crippen molar-refractivity contribution in [2.45, 2.75) is 11.9 Å². The second-order valence-electron chi connectivity index (χ2n) is 5.34. The molecule has 0 spiro atoms. The van der Waals surface area contributed by atoms with E-state index < -0.39 is 0 Å². The summed E-state index contributed by atoms with van der Waals surface area (Å²) in [5, 5.41) is 16.0. The summed E-state index contributed by atoms with van der Waals surface area (Å²) >= 11 is 2.64. The molecule has 3 rings (SSSR count). The highest BCUT2D eigenvalue weighted by atomic mass is 32.2. The minimum atomic E-state index is -0.215. The van der Waals surface area contributed by atoms with Gasteiger partial charge in [-0.1, -0.05) is 36.0 Å². The molecule has 0 bridgehead atoms. The van der Waals surface area contributed by atoms with Crippen LogP contribution in [0.1, 0.15) is 15.2 Å². The van der Waals surface area contributed by atoms with Crippen LogP contribution < -0.4 is 10.6 Å². The summed E-state index contributed by atoms with van der Waals surface area (Å²) < 4.78 is 0. The molecule has 8 heteroatoms. The van der Waals surface area contributed by atoms with E-state index in [2.05, 4.69) is 20.8 Å². The normalized spacial score (nSPS) is 10.3. The molecule has 0 saturated carbocycles. The van der Waals surface area contributed by atoms with Crippen molar-refractivity contribution in [3.8, 4) is 0 Å². The number of benzene rings is 1. The predicted molar refractivity (Wildman–Crippen MR) is 105 cm³/mol. The summed E-state index contributed by atoms with van der Waals surface area (Å²) in [6.45, 7) is 1.94. The lowest BCUT2D eigenvalue weighted by Crippen LogP contribution is -2.15. The molecule has 0 atom stereocenters. The average Bonchev–Trinajstić information content (AvgIpc) is 3.18. The number of carbonyl (C=O) groups is 2. The number of para-hydroxylation sites is 1. The number of amides is 2. The molecule has 2 amide bonds. The zero-order valence-corrected chi connectivity index (χ0v) is 15.6. The van der Waals surface area contributed by atoms with Crippen LogP contribution in [0.15, 0.2) is 58.9 Å². The highest BCUT2D eigenvalue weighted by molar-refractivity contribution is 7.99. The van der Waals surface area contributed by atoms with E-state index in [0.29, 0.717) is 15.7 Å². The van der Waals surface area contributed by atoms with Gasteiger partial charge >= 0.3 is 0 Å². The maximum Gasteiger partial charge on any atom is 0.266 e. The van der Waals surface area contributed by atoms with Crippen LogP contribution in [-0.2, 0) is 4.79 Å². The fourth-order valence-corrected chi connectivity index (χ4v) is 3.32. The number of thiophene rings is 1. The van der Waals surface area contributed by atoms with Crippen molar-refractivity contribution in [1.29, 1.82) is 0 Å². The molecular formula is C18H16N4O2S2. The molecule has 0 aliphatic heterocycles. The van der Waals surface area contributed by atoms with Crippen molar-refractivity contribution in [3.63, 3.8) is 0 Å². The largest absolute Gasteiger partial charge is 0.325 e. The summed E-state index contributed by atoms with van der Waals surface area (Å²) in [4.78, 5) is 24.6. The number of nitrogens with one attached hydrogen (secondary N) is 2. The van der Waals surface area contributed by atoms with Crippen LogP contribution in [0.2, 0.25) is 0 Å². The summed E-state index contributed by atoms with van der Waals surface area (Å²) in [5.74, 6) is 0.273. The zero-order chi connectivity index (χ0) is 18.4. The third kappa shape index (κ3) is 4.90. The van der Waals surface area contributed by atoms with Crippen molar-refractivity contribution < 1.29 is 9.59 Å². The van der Waals surface area contributed by atoms with E-state index in [4.69, 9.17) is 0 Å². The monoisotopic (exact) mass is 384 g/mol. The summed E-state index contributed by atoms with van der Waals surface area (Å²) in [6.07, 6.45) is 0. The highest BCUT2D eigenvalue weighted by Crippen LogP contribution is 2.18. The Morgan fingerprint density at radius 1 is 1.04 bits per heavy atom. The Bertz CT molecular complexity index is 896. The SMILES string of the molecule is Cc1ccccc1NC(=O)CSc1ccc(NC(=O)c2cccs2)nn1. The van der Waals surface area contributed by atoms with E-state index in [-0.39, 0.29) is 17.6 Å². The topological polar surface area (TPSA) is 84.0 Å². The molecule has 6 nitrogen and oxygen atoms in total. The van der Waals surface area contributed by atoms with Gasteiger partial charge in [0.1, 0.15) is 5.03 Å². The molecule has 0 aliphatic carbocycles. The van der Waals surface area contributed by atoms with Crippen LogP contribution in [0.25, 0.3) is 0 Å². The van der Waals surface area contributed by atoms with Gasteiger partial charge in [0.2, 0.25) is 5.91 Å². The first kappa shape index (κ1) is 18.1. The molecule has 2 aromatic heterocycles. The smallest absolute Gasteiger partial charge is 0.266 e. The average molecular weight is 384 g/mol. The number of thioether (sulfide) groups is 1. The van der Waals surface area contributed by atoms with Gasteiger partial charge < -0.3 is 10.6 Å². The molecule has 2 N–H and O–H groups in total. The molecule has 0 fully saturated rings. The first-order valence-corrected chi connectivity index (χ1v) is 9.65. The number of hydrogen-bond acceptors (Lipinski definition) is 6. The molecule has 3 aromatic rings. The van der Waals surface area contributed by atoms with Crippen LogP contribution in [0.5, 0.6) is 0 Å². The number of nitrogens with zero attached hydrogens (tertiary/aromatic N) is 2. The maximum absolute atomic E-state index is 12.0. The van der Waals surface area contributed by atoms with Crippen LogP contribution in [0, 0.1) is 6.92 Å². The molecule has 0 saturated heterocycles. The van der Waals surface area contributed by atoms with E-state index in [1.807, 2.05) is 42.6 Å². The van der Waals surface area contributed by atoms with E-state index in [9.17, 15) is 9.59 Å². The van der Waals surface area contributed by atoms with E-state index in [1.54, 1.807) is 18.2 Å². The maximum atomic E-state index is 12.0. The number of hydrogen-bond donors (Lipinski definition) is 2. The second-order valence-corrected chi connectivity index (χ2v) is 7.28. The Balaban J connectivity index is 1.50. The Labute approximate surface area is 159 Å². The molecule has 1 aromatic carbocycles. The first-order chi connectivity index (χ1) is 12.6. The van der Waals surface area contributed by atoms with Crippen molar-refractivity contribution in [3.05, 3.63) is 64.4 Å². The van der Waals surface area contributed by atoms with Gasteiger partial charge in [-0.05, 0) is 42.1 Å². The standard InChI is InChI=1S/C18H16N4O2S2/c1-12-5-2-3-6-13(12)19-16(23)11-26-17-9-8-15(21-22-17)20-18(24)14-7-4-10-25-14/h2-10H,11H2,1H3,(H,19,23)(H,20,21,24). The second kappa shape index (κ2) is 8.59. The number of aromatic nitrogens is 2. The van der Waals surface area contributed by atoms with Crippen molar-refractivity contribution in [2.75, 3.05) is 16.4 Å². The number of anilines is 2. The van der Waals surface area contributed by atoms with Crippen LogP contribution in [0.4, 0.5) is 11.5 Å². The molecule has 26 heavy (non-hydrogen) atoms. The Kier molecular flexibility index (Phi) is 5.98. The lowest BCUT2D eigenvalue weighted by molar-refractivity contribution is -0.113. The first-order valence-electron chi connectivity index (χ1n) is 7.79. The molecule has 2 heterocycles. The minimum Gasteiger partial charge on any atom is -0.325 e. The fraction of sp³-hybridized carbons (Fsp3) is 0.111. The summed E-state index contributed by atoms with van der Waals surface area (Å²) in [6, 6.07) is 14.6.